The standard InChI is InChI=1S/C25H20N6O.C20H19N7O2.C20H17N7O.C16H12N6/c1-2-8-18(9-3-1)32-19-10-6-7-17(15-19)22-26-21-12-5-4-11-20(21)24(27-22)29-25-28-23(30-31-25)16-13-14-16;1-29-12-11-21-19(28)18-25-20(27-26-18)24-17-14-9-5-6-10-15(14)22-16(23-17)13-7-3-2-4-8-13;1-2-12-21-19(28)18-25-20(27-26-18)24-17-14-10-6-7-11-15(14)22-16(23-17)13-8-4-3-5-9-13;1-2-6-11(7-3-1)14-19-13-9-5-4-8-12(13)15(20-14)21-16-17-10-18-22-16/h1-12,15-16H,13-14H2,(H2,26,27,28,29,30,31);2-10H,11-12H2,1H3,(H,21,28)(H2,22,23,24,25,26,27);2-11H,1,12H2,(H,21,28)(H2,22,23,24,25,26,27);1-10H,(H2,17,18,19,20,21,22). The fourth-order valence-electron chi connectivity index (χ4n) is 11.3. The van der Waals surface area contributed by atoms with Gasteiger partial charge in [-0.3, -0.25) is 24.9 Å². The van der Waals surface area contributed by atoms with Crippen molar-refractivity contribution in [1.82, 2.24) is 111 Å². The molecule has 9 aromatic carbocycles. The van der Waals surface area contributed by atoms with Crippen molar-refractivity contribution in [2.75, 3.05) is 48.1 Å². The number of ether oxygens (including phenoxy) is 2. The summed E-state index contributed by atoms with van der Waals surface area (Å²) in [6.07, 6.45) is 5.36. The number of anilines is 8. The van der Waals surface area contributed by atoms with Crippen molar-refractivity contribution in [1.29, 1.82) is 0 Å². The van der Waals surface area contributed by atoms with Crippen LogP contribution < -0.4 is 36.6 Å². The third-order valence-electron chi connectivity index (χ3n) is 16.8. The number of nitrogens with one attached hydrogen (secondary N) is 10. The minimum atomic E-state index is -0.363. The number of rotatable bonds is 22. The molecule has 1 aliphatic rings. The van der Waals surface area contributed by atoms with Gasteiger partial charge in [0.25, 0.3) is 11.8 Å². The Hall–Kier alpha value is -15.5. The summed E-state index contributed by atoms with van der Waals surface area (Å²) in [4.78, 5) is 78.6. The molecular weight excluding hydrogens is 1400 g/mol. The maximum Gasteiger partial charge on any atom is 0.288 e. The number of benzene rings is 9. The summed E-state index contributed by atoms with van der Waals surface area (Å²) in [5, 5.41) is 48.7. The lowest BCUT2D eigenvalue weighted by Crippen LogP contribution is -2.27. The normalized spacial score (nSPS) is 11.4. The zero-order valence-electron chi connectivity index (χ0n) is 59.4. The summed E-state index contributed by atoms with van der Waals surface area (Å²) in [7, 11) is 1.57. The van der Waals surface area contributed by atoms with Gasteiger partial charge >= 0.3 is 0 Å². The van der Waals surface area contributed by atoms with Gasteiger partial charge in [0.2, 0.25) is 35.4 Å². The molecular formula is C81H68N26O4. The van der Waals surface area contributed by atoms with E-state index >= 15 is 0 Å². The molecule has 0 aliphatic heterocycles. The smallest absolute Gasteiger partial charge is 0.288 e. The van der Waals surface area contributed by atoms with Crippen LogP contribution in [-0.2, 0) is 4.74 Å². The molecule has 30 nitrogen and oxygen atoms in total. The van der Waals surface area contributed by atoms with E-state index in [0.717, 1.165) is 96.0 Å². The van der Waals surface area contributed by atoms with Crippen LogP contribution in [0.25, 0.3) is 89.2 Å². The molecule has 8 heterocycles. The highest BCUT2D eigenvalue weighted by atomic mass is 16.5. The minimum absolute atomic E-state index is 0.102. The van der Waals surface area contributed by atoms with E-state index in [1.165, 1.54) is 6.33 Å². The lowest BCUT2D eigenvalue weighted by atomic mass is 10.1. The van der Waals surface area contributed by atoms with Crippen LogP contribution in [-0.4, -0.2) is 139 Å². The Morgan fingerprint density at radius 1 is 0.423 bits per heavy atom. The van der Waals surface area contributed by atoms with Gasteiger partial charge in [0.15, 0.2) is 23.3 Å². The summed E-state index contributed by atoms with van der Waals surface area (Å²) in [5.41, 5.74) is 6.92. The van der Waals surface area contributed by atoms with Gasteiger partial charge in [0.1, 0.15) is 46.9 Å². The van der Waals surface area contributed by atoms with Crippen LogP contribution in [0.1, 0.15) is 45.8 Å². The van der Waals surface area contributed by atoms with E-state index in [0.29, 0.717) is 84.1 Å². The monoisotopic (exact) mass is 1470 g/mol. The van der Waals surface area contributed by atoms with E-state index in [9.17, 15) is 9.59 Å². The van der Waals surface area contributed by atoms with Gasteiger partial charge < -0.3 is 41.4 Å². The second-order valence-corrected chi connectivity index (χ2v) is 24.6. The molecule has 0 saturated heterocycles. The van der Waals surface area contributed by atoms with Crippen LogP contribution in [0.4, 0.5) is 47.1 Å². The van der Waals surface area contributed by atoms with E-state index in [4.69, 9.17) is 19.4 Å². The van der Waals surface area contributed by atoms with Gasteiger partial charge in [-0.25, -0.2) is 45.0 Å². The summed E-state index contributed by atoms with van der Waals surface area (Å²) in [6, 6.07) is 77.9. The number of methoxy groups -OCH3 is 1. The van der Waals surface area contributed by atoms with Crippen LogP contribution in [0.5, 0.6) is 11.5 Å². The summed E-state index contributed by atoms with van der Waals surface area (Å²) < 4.78 is 10.9. The lowest BCUT2D eigenvalue weighted by molar-refractivity contribution is 0.0924. The van der Waals surface area contributed by atoms with Crippen molar-refractivity contribution < 1.29 is 19.1 Å². The highest BCUT2D eigenvalue weighted by molar-refractivity contribution is 5.96. The average molecular weight is 1470 g/mol. The second kappa shape index (κ2) is 34.2. The number of nitrogens with zero attached hydrogens (tertiary/aromatic N) is 16. The Kier molecular flexibility index (Phi) is 21.9. The Morgan fingerprint density at radius 3 is 1.26 bits per heavy atom. The van der Waals surface area contributed by atoms with Gasteiger partial charge in [0.05, 0.1) is 28.7 Å². The predicted octanol–water partition coefficient (Wildman–Crippen LogP) is 14.6. The quantitative estimate of drug-likeness (QED) is 0.0222. The maximum atomic E-state index is 12.1. The number of fused-ring (bicyclic) bond motifs is 4. The Morgan fingerprint density at radius 2 is 0.820 bits per heavy atom. The molecule has 1 aliphatic carbocycles. The van der Waals surface area contributed by atoms with Crippen molar-refractivity contribution in [3.05, 3.63) is 279 Å². The maximum absolute atomic E-state index is 12.1. The highest BCUT2D eigenvalue weighted by Gasteiger charge is 2.28. The number of hydrogen-bond donors (Lipinski definition) is 10. The fraction of sp³-hybridized carbons (Fsp3) is 0.0864. The molecule has 2 amide bonds. The second-order valence-electron chi connectivity index (χ2n) is 24.6. The van der Waals surface area contributed by atoms with Crippen molar-refractivity contribution >= 4 is 102 Å². The summed E-state index contributed by atoms with van der Waals surface area (Å²) in [6.45, 7) is 4.71. The molecule has 30 heteroatoms. The zero-order valence-corrected chi connectivity index (χ0v) is 59.4. The molecule has 0 spiro atoms. The number of aromatic amines is 4. The molecule has 0 bridgehead atoms. The topological polar surface area (TPSA) is 394 Å². The van der Waals surface area contributed by atoms with Gasteiger partial charge in [-0.05, 0) is 85.6 Å². The molecule has 10 N–H and O–H groups in total. The first kappa shape index (κ1) is 71.2. The van der Waals surface area contributed by atoms with Gasteiger partial charge in [-0.1, -0.05) is 176 Å². The van der Waals surface area contributed by atoms with Gasteiger partial charge in [-0.2, -0.15) is 25.0 Å². The number of hydrogen-bond acceptors (Lipinski definition) is 24. The van der Waals surface area contributed by atoms with E-state index in [-0.39, 0.29) is 35.4 Å². The molecule has 1 fully saturated rings. The summed E-state index contributed by atoms with van der Waals surface area (Å²) in [5.74, 6) is 8.87. The van der Waals surface area contributed by atoms with Crippen molar-refractivity contribution in [2.24, 2.45) is 0 Å². The number of aromatic nitrogens is 20. The van der Waals surface area contributed by atoms with Crippen LogP contribution in [0, 0.1) is 0 Å². The molecule has 546 valence electrons. The fourth-order valence-corrected chi connectivity index (χ4v) is 11.3. The van der Waals surface area contributed by atoms with Crippen LogP contribution in [0.2, 0.25) is 0 Å². The first-order valence-corrected chi connectivity index (χ1v) is 35.1. The van der Waals surface area contributed by atoms with E-state index < -0.39 is 0 Å². The van der Waals surface area contributed by atoms with Crippen LogP contribution in [0.3, 0.4) is 0 Å². The molecule has 0 unspecified atom stereocenters. The third-order valence-corrected chi connectivity index (χ3v) is 16.8. The highest BCUT2D eigenvalue weighted by Crippen LogP contribution is 2.39. The Balaban J connectivity index is 0.000000118. The predicted molar refractivity (Wildman–Crippen MR) is 424 cm³/mol. The Labute approximate surface area is 632 Å². The molecule has 1 saturated carbocycles. The van der Waals surface area contributed by atoms with E-state index in [1.807, 2.05) is 243 Å². The zero-order chi connectivity index (χ0) is 75.5. The Bertz CT molecular complexity index is 6030. The van der Waals surface area contributed by atoms with E-state index in [1.54, 1.807) is 13.2 Å². The molecule has 111 heavy (non-hydrogen) atoms. The van der Waals surface area contributed by atoms with Crippen molar-refractivity contribution in [3.63, 3.8) is 0 Å². The largest absolute Gasteiger partial charge is 0.457 e. The van der Waals surface area contributed by atoms with E-state index in [2.05, 4.69) is 129 Å². The number of H-pyrrole nitrogens is 4. The lowest BCUT2D eigenvalue weighted by Gasteiger charge is -2.10. The molecule has 8 aromatic heterocycles. The number of carbonyl (C=O) groups excluding carboxylic acids is 2. The van der Waals surface area contributed by atoms with Crippen LogP contribution in [0.15, 0.2) is 262 Å². The number of para-hydroxylation sites is 5. The summed E-state index contributed by atoms with van der Waals surface area (Å²) >= 11 is 0. The number of amides is 2. The average Bonchev–Trinajstić information content (AvgIpc) is 1.66. The SMILES string of the molecule is C=CCNC(=O)c1nc(Nc2nc(-c3ccccc3)nc3ccccc23)n[nH]1.COCCNC(=O)c1nc(Nc2nc(-c3ccccc3)nc3ccccc23)n[nH]1.c1ccc(-c2nc(Nc3ncn[nH]3)c3ccccc3n2)cc1.c1ccc(Oc2cccc(-c3nc(Nc4n[nH]c(C5CC5)n4)c4ccccc4n3)c2)cc1. The minimum Gasteiger partial charge on any atom is -0.457 e. The third kappa shape index (κ3) is 17.9. The van der Waals surface area contributed by atoms with Crippen LogP contribution >= 0.6 is 0 Å². The van der Waals surface area contributed by atoms with Gasteiger partial charge in [0, 0.05) is 69.9 Å². The molecule has 17 aromatic rings. The molecule has 0 atom stereocenters. The van der Waals surface area contributed by atoms with Crippen molar-refractivity contribution in [2.45, 2.75) is 18.8 Å². The van der Waals surface area contributed by atoms with Gasteiger partial charge in [-0.15, -0.1) is 21.9 Å². The molecule has 0 radical (unpaired) electrons. The molecule has 18 rings (SSSR count). The number of carbonyl (C=O) groups is 2. The van der Waals surface area contributed by atoms with Crippen molar-refractivity contribution in [3.8, 4) is 57.1 Å². The first-order chi connectivity index (χ1) is 54.7. The first-order valence-electron chi connectivity index (χ1n) is 35.1.